The quantitative estimate of drug-likeness (QED) is 0.862. The lowest BCUT2D eigenvalue weighted by atomic mass is 9.97. The van der Waals surface area contributed by atoms with Crippen LogP contribution in [0.3, 0.4) is 0 Å². The third kappa shape index (κ3) is 3.92. The van der Waals surface area contributed by atoms with Crippen LogP contribution in [-0.2, 0) is 17.9 Å². The summed E-state index contributed by atoms with van der Waals surface area (Å²) in [7, 11) is 0. The molecule has 1 aliphatic heterocycles. The summed E-state index contributed by atoms with van der Waals surface area (Å²) in [6.45, 7) is 3.18. The molecule has 0 aliphatic carbocycles. The van der Waals surface area contributed by atoms with Gasteiger partial charge in [-0.1, -0.05) is 24.3 Å². The summed E-state index contributed by atoms with van der Waals surface area (Å²) in [5, 5.41) is 10.4. The Kier molecular flexibility index (Phi) is 4.80. The molecule has 0 bridgehead atoms. The lowest BCUT2D eigenvalue weighted by Gasteiger charge is -2.21. The van der Waals surface area contributed by atoms with Gasteiger partial charge in [0.05, 0.1) is 6.54 Å². The fourth-order valence-electron chi connectivity index (χ4n) is 2.68. The van der Waals surface area contributed by atoms with Crippen molar-refractivity contribution in [3.05, 3.63) is 48.0 Å². The van der Waals surface area contributed by atoms with Gasteiger partial charge in [0.2, 0.25) is 5.91 Å². The summed E-state index contributed by atoms with van der Waals surface area (Å²) in [4.78, 5) is 16.0. The SMILES string of the molecule is O=C(NCc1ccc(Cn2cncn2)cc1)C1CCNCC1. The molecule has 6 nitrogen and oxygen atoms in total. The maximum absolute atomic E-state index is 12.1. The Hall–Kier alpha value is -2.21. The highest BCUT2D eigenvalue weighted by Gasteiger charge is 2.20. The number of aromatic nitrogens is 3. The lowest BCUT2D eigenvalue weighted by molar-refractivity contribution is -0.125. The molecule has 0 unspecified atom stereocenters. The van der Waals surface area contributed by atoms with E-state index in [1.165, 1.54) is 11.9 Å². The Balaban J connectivity index is 1.49. The van der Waals surface area contributed by atoms with E-state index in [0.717, 1.165) is 31.5 Å². The molecule has 0 spiro atoms. The Morgan fingerprint density at radius 2 is 1.95 bits per heavy atom. The Labute approximate surface area is 129 Å². The Morgan fingerprint density at radius 1 is 1.23 bits per heavy atom. The molecule has 1 saturated heterocycles. The van der Waals surface area contributed by atoms with E-state index in [2.05, 4.69) is 45.0 Å². The van der Waals surface area contributed by atoms with E-state index in [4.69, 9.17) is 0 Å². The van der Waals surface area contributed by atoms with Crippen molar-refractivity contribution in [3.63, 3.8) is 0 Å². The van der Waals surface area contributed by atoms with E-state index >= 15 is 0 Å². The molecule has 2 heterocycles. The first-order chi connectivity index (χ1) is 10.8. The largest absolute Gasteiger partial charge is 0.352 e. The zero-order valence-electron chi connectivity index (χ0n) is 12.5. The maximum atomic E-state index is 12.1. The van der Waals surface area contributed by atoms with Gasteiger partial charge in [-0.05, 0) is 37.1 Å². The molecule has 1 aromatic carbocycles. The number of hydrogen-bond donors (Lipinski definition) is 2. The van der Waals surface area contributed by atoms with Crippen molar-refractivity contribution in [1.82, 2.24) is 25.4 Å². The van der Waals surface area contributed by atoms with Crippen molar-refractivity contribution in [2.45, 2.75) is 25.9 Å². The third-order valence-electron chi connectivity index (χ3n) is 4.01. The fraction of sp³-hybridized carbons (Fsp3) is 0.438. The summed E-state index contributed by atoms with van der Waals surface area (Å²) < 4.78 is 1.79. The second-order valence-corrected chi connectivity index (χ2v) is 5.65. The molecule has 1 amide bonds. The predicted molar refractivity (Wildman–Crippen MR) is 83.0 cm³/mol. The van der Waals surface area contributed by atoms with Gasteiger partial charge < -0.3 is 10.6 Å². The van der Waals surface area contributed by atoms with Crippen LogP contribution in [0.15, 0.2) is 36.9 Å². The molecule has 0 radical (unpaired) electrons. The first-order valence-electron chi connectivity index (χ1n) is 7.70. The minimum absolute atomic E-state index is 0.160. The smallest absolute Gasteiger partial charge is 0.223 e. The molecule has 1 aliphatic rings. The molecular formula is C16H21N5O. The van der Waals surface area contributed by atoms with Crippen LogP contribution >= 0.6 is 0 Å². The first kappa shape index (κ1) is 14.7. The molecule has 22 heavy (non-hydrogen) atoms. The highest BCUT2D eigenvalue weighted by molar-refractivity contribution is 5.78. The monoisotopic (exact) mass is 299 g/mol. The minimum Gasteiger partial charge on any atom is -0.352 e. The Morgan fingerprint density at radius 3 is 2.64 bits per heavy atom. The number of nitrogens with zero attached hydrogens (tertiary/aromatic N) is 3. The molecule has 6 heteroatoms. The molecule has 2 N–H and O–H groups in total. The summed E-state index contributed by atoms with van der Waals surface area (Å²) >= 11 is 0. The maximum Gasteiger partial charge on any atom is 0.223 e. The van der Waals surface area contributed by atoms with Gasteiger partial charge in [0, 0.05) is 12.5 Å². The molecule has 0 saturated carbocycles. The van der Waals surface area contributed by atoms with Gasteiger partial charge in [0.1, 0.15) is 12.7 Å². The number of rotatable bonds is 5. The van der Waals surface area contributed by atoms with Crippen LogP contribution in [0.4, 0.5) is 0 Å². The number of amides is 1. The zero-order valence-corrected chi connectivity index (χ0v) is 12.5. The van der Waals surface area contributed by atoms with Crippen molar-refractivity contribution in [3.8, 4) is 0 Å². The topological polar surface area (TPSA) is 71.8 Å². The van der Waals surface area contributed by atoms with Gasteiger partial charge in [0.15, 0.2) is 0 Å². The van der Waals surface area contributed by atoms with E-state index < -0.39 is 0 Å². The Bertz CT molecular complexity index is 588. The highest BCUT2D eigenvalue weighted by Crippen LogP contribution is 2.12. The minimum atomic E-state index is 0.160. The summed E-state index contributed by atoms with van der Waals surface area (Å²) in [6, 6.07) is 8.23. The predicted octanol–water partition coefficient (Wildman–Crippen LogP) is 0.942. The molecule has 1 fully saturated rings. The summed E-state index contributed by atoms with van der Waals surface area (Å²) in [5.74, 6) is 0.334. The average molecular weight is 299 g/mol. The van der Waals surface area contributed by atoms with Crippen molar-refractivity contribution >= 4 is 5.91 Å². The average Bonchev–Trinajstić information content (AvgIpc) is 3.08. The van der Waals surface area contributed by atoms with Gasteiger partial charge in [-0.15, -0.1) is 0 Å². The van der Waals surface area contributed by atoms with Crippen molar-refractivity contribution in [1.29, 1.82) is 0 Å². The first-order valence-corrected chi connectivity index (χ1v) is 7.70. The number of piperidine rings is 1. The van der Waals surface area contributed by atoms with E-state index in [1.54, 1.807) is 11.0 Å². The fourth-order valence-corrected chi connectivity index (χ4v) is 2.68. The second kappa shape index (κ2) is 7.17. The van der Waals surface area contributed by atoms with Crippen molar-refractivity contribution in [2.24, 2.45) is 5.92 Å². The van der Waals surface area contributed by atoms with Gasteiger partial charge in [-0.25, -0.2) is 9.67 Å². The molecule has 0 atom stereocenters. The van der Waals surface area contributed by atoms with E-state index in [1.807, 2.05) is 0 Å². The second-order valence-electron chi connectivity index (χ2n) is 5.65. The van der Waals surface area contributed by atoms with Crippen LogP contribution in [0, 0.1) is 5.92 Å². The van der Waals surface area contributed by atoms with Gasteiger partial charge in [0.25, 0.3) is 0 Å². The van der Waals surface area contributed by atoms with Gasteiger partial charge >= 0.3 is 0 Å². The zero-order chi connectivity index (χ0) is 15.2. The van der Waals surface area contributed by atoms with Gasteiger partial charge in [-0.2, -0.15) is 5.10 Å². The molecule has 2 aromatic rings. The van der Waals surface area contributed by atoms with Crippen LogP contribution in [0.2, 0.25) is 0 Å². The van der Waals surface area contributed by atoms with Crippen LogP contribution in [-0.4, -0.2) is 33.8 Å². The molecule has 1 aromatic heterocycles. The number of carbonyl (C=O) groups is 1. The van der Waals surface area contributed by atoms with Crippen LogP contribution in [0.1, 0.15) is 24.0 Å². The van der Waals surface area contributed by atoms with Crippen molar-refractivity contribution in [2.75, 3.05) is 13.1 Å². The molecule has 116 valence electrons. The normalized spacial score (nSPS) is 15.6. The molecule has 3 rings (SSSR count). The highest BCUT2D eigenvalue weighted by atomic mass is 16.1. The van der Waals surface area contributed by atoms with Crippen LogP contribution < -0.4 is 10.6 Å². The van der Waals surface area contributed by atoms with Crippen molar-refractivity contribution < 1.29 is 4.79 Å². The number of hydrogen-bond acceptors (Lipinski definition) is 4. The van der Waals surface area contributed by atoms with E-state index in [-0.39, 0.29) is 11.8 Å². The third-order valence-corrected chi connectivity index (χ3v) is 4.01. The molecular weight excluding hydrogens is 278 g/mol. The standard InChI is InChI=1S/C16H21N5O/c22-16(15-5-7-17-8-6-15)19-9-13-1-3-14(4-2-13)10-21-12-18-11-20-21/h1-4,11-12,15,17H,5-10H2,(H,19,22). The number of benzene rings is 1. The number of nitrogens with one attached hydrogen (secondary N) is 2. The van der Waals surface area contributed by atoms with Crippen LogP contribution in [0.5, 0.6) is 0 Å². The number of carbonyl (C=O) groups excluding carboxylic acids is 1. The van der Waals surface area contributed by atoms with Crippen LogP contribution in [0.25, 0.3) is 0 Å². The van der Waals surface area contributed by atoms with E-state index in [0.29, 0.717) is 13.1 Å². The summed E-state index contributed by atoms with van der Waals surface area (Å²) in [6.07, 6.45) is 5.10. The summed E-state index contributed by atoms with van der Waals surface area (Å²) in [5.41, 5.74) is 2.28. The van der Waals surface area contributed by atoms with Gasteiger partial charge in [-0.3, -0.25) is 4.79 Å². The lowest BCUT2D eigenvalue weighted by Crippen LogP contribution is -2.37. The van der Waals surface area contributed by atoms with E-state index in [9.17, 15) is 4.79 Å².